The molecule has 8 nitrogen and oxygen atoms in total. The Labute approximate surface area is 322 Å². The molecule has 0 saturated heterocycles. The maximum atomic E-state index is 12.9. The minimum atomic E-state index is -3.61. The predicted octanol–water partition coefficient (Wildman–Crippen LogP) is 9.87. The molecule has 288 valence electrons. The van der Waals surface area contributed by atoms with E-state index in [1.54, 1.807) is 13.8 Å². The number of H-pyrrole nitrogens is 2. The second kappa shape index (κ2) is 18.9. The van der Waals surface area contributed by atoms with Gasteiger partial charge in [-0.05, 0) is 114 Å². The van der Waals surface area contributed by atoms with Crippen LogP contribution >= 0.6 is 10.7 Å². The summed E-state index contributed by atoms with van der Waals surface area (Å²) in [5.74, 6) is 0. The molecule has 4 aromatic carbocycles. The van der Waals surface area contributed by atoms with Crippen molar-refractivity contribution < 1.29 is 16.8 Å². The lowest BCUT2D eigenvalue weighted by molar-refractivity contribution is 0.559. The first-order valence-corrected chi connectivity index (χ1v) is 20.6. The summed E-state index contributed by atoms with van der Waals surface area (Å²) in [6.45, 7) is 15.0. The smallest absolute Gasteiger partial charge is 0.261 e. The number of fused-ring (bicyclic) bond motifs is 2. The van der Waals surface area contributed by atoms with Crippen LogP contribution in [0.2, 0.25) is 0 Å². The third kappa shape index (κ3) is 11.8. The van der Waals surface area contributed by atoms with E-state index in [1.165, 1.54) is 16.5 Å². The third-order valence-electron chi connectivity index (χ3n) is 8.50. The van der Waals surface area contributed by atoms with Gasteiger partial charge in [-0.1, -0.05) is 86.6 Å². The number of aromatic amines is 2. The molecule has 2 heterocycles. The zero-order valence-corrected chi connectivity index (χ0v) is 32.9. The van der Waals surface area contributed by atoms with Gasteiger partial charge < -0.3 is 15.7 Å². The lowest BCUT2D eigenvalue weighted by Gasteiger charge is -2.17. The molecule has 6 aromatic rings. The summed E-state index contributed by atoms with van der Waals surface area (Å²) >= 11 is 0. The van der Waals surface area contributed by atoms with Crippen LogP contribution in [0.25, 0.3) is 21.8 Å². The van der Waals surface area contributed by atoms with Gasteiger partial charge in [0.25, 0.3) is 9.05 Å². The molecule has 0 radical (unpaired) electrons. The highest BCUT2D eigenvalue weighted by molar-refractivity contribution is 8.13. The summed E-state index contributed by atoms with van der Waals surface area (Å²) in [7, 11) is -1.87. The van der Waals surface area contributed by atoms with E-state index in [2.05, 4.69) is 39.0 Å². The Hall–Kier alpha value is -3.93. The van der Waals surface area contributed by atoms with Gasteiger partial charge in [-0.15, -0.1) is 0 Å². The van der Waals surface area contributed by atoms with Crippen LogP contribution in [0.5, 0.6) is 0 Å². The number of para-hydroxylation sites is 2. The molecule has 53 heavy (non-hydrogen) atoms. The van der Waals surface area contributed by atoms with Gasteiger partial charge in [0, 0.05) is 57.0 Å². The molecule has 2 aromatic heterocycles. The van der Waals surface area contributed by atoms with E-state index in [0.717, 1.165) is 45.1 Å². The zero-order valence-electron chi connectivity index (χ0n) is 30.6. The molecule has 0 bridgehead atoms. The highest BCUT2D eigenvalue weighted by atomic mass is 35.7. The largest absolute Gasteiger partial charge is 0.361 e. The van der Waals surface area contributed by atoms with Crippen molar-refractivity contribution >= 4 is 51.6 Å². The second-order valence-electron chi connectivity index (χ2n) is 13.5. The molecule has 0 fully saturated rings. The van der Waals surface area contributed by atoms with Crippen molar-refractivity contribution in [2.24, 2.45) is 5.73 Å². The Kier molecular flexibility index (Phi) is 16.1. The summed E-state index contributed by atoms with van der Waals surface area (Å²) in [6.07, 6.45) is 5.57. The van der Waals surface area contributed by atoms with Gasteiger partial charge in [-0.25, -0.2) is 21.6 Å². The second-order valence-corrected chi connectivity index (χ2v) is 17.7. The van der Waals surface area contributed by atoms with Crippen LogP contribution in [0, 0.1) is 41.5 Å². The van der Waals surface area contributed by atoms with Crippen LogP contribution in [-0.2, 0) is 31.9 Å². The normalized spacial score (nSPS) is 12.4. The van der Waals surface area contributed by atoms with Gasteiger partial charge in [0.1, 0.15) is 0 Å². The number of nitrogens with two attached hydrogens (primary N) is 1. The molecule has 0 saturated carbocycles. The first kappa shape index (κ1) is 45.2. The average molecular weight is 782 g/mol. The number of benzene rings is 4. The zero-order chi connectivity index (χ0) is 37.7. The number of aromatic nitrogens is 2. The molecular weight excluding hydrogens is 724 g/mol. The van der Waals surface area contributed by atoms with E-state index in [1.807, 2.05) is 102 Å². The lowest BCUT2D eigenvalue weighted by Crippen LogP contribution is -2.34. The average Bonchev–Trinajstić information content (AvgIpc) is 3.59. The fraction of sp³-hybridized carbons (Fsp3) is 0.333. The van der Waals surface area contributed by atoms with Crippen LogP contribution in [0.3, 0.4) is 0 Å². The SMILES string of the molecule is C.C.CC(N)Cc1c[nH]c2ccccc12.Cc1cc(C)c(S(=O)(=O)Cl)c(C)c1.Cc1cc(C)c(S(=O)(=O)NC(C)Cc2c[nH]c3ccccc23)c(C)c1. The standard InChI is InChI=1S/C20H24N2O2S.C11H14N2.C9H11ClO2S.2CH4/c1-13-9-14(2)20(15(3)10-13)25(23,24)22-16(4)11-17-12-21-19-8-6-5-7-18(17)19;1-8(12)6-9-7-13-11-5-3-2-4-10(9)11;1-6-4-7(2)9(8(3)5-6)13(10,11)12;;/h5-10,12,16,21-22H,11H2,1-4H3;2-5,7-8,13H,6,12H2,1H3;4-5H,1-3H3;2*1H4. The number of aryl methyl sites for hydroxylation is 6. The summed E-state index contributed by atoms with van der Waals surface area (Å²) in [5, 5.41) is 2.43. The van der Waals surface area contributed by atoms with E-state index in [9.17, 15) is 16.8 Å². The molecular formula is C42H57ClN4O4S2. The quantitative estimate of drug-likeness (QED) is 0.114. The van der Waals surface area contributed by atoms with Crippen LogP contribution < -0.4 is 10.5 Å². The molecule has 2 atom stereocenters. The van der Waals surface area contributed by atoms with Gasteiger partial charge in [-0.3, -0.25) is 0 Å². The van der Waals surface area contributed by atoms with Crippen molar-refractivity contribution in [2.45, 2.75) is 105 Å². The summed E-state index contributed by atoms with van der Waals surface area (Å²) in [4.78, 5) is 7.10. The Morgan fingerprint density at radius 3 is 1.42 bits per heavy atom. The maximum Gasteiger partial charge on any atom is 0.261 e. The van der Waals surface area contributed by atoms with Crippen molar-refractivity contribution in [1.82, 2.24) is 14.7 Å². The number of hydrogen-bond donors (Lipinski definition) is 4. The van der Waals surface area contributed by atoms with Gasteiger partial charge >= 0.3 is 0 Å². The summed E-state index contributed by atoms with van der Waals surface area (Å²) in [5.41, 5.74) is 15.5. The van der Waals surface area contributed by atoms with Crippen molar-refractivity contribution in [3.8, 4) is 0 Å². The predicted molar refractivity (Wildman–Crippen MR) is 225 cm³/mol. The van der Waals surface area contributed by atoms with Gasteiger partial charge in [-0.2, -0.15) is 0 Å². The van der Waals surface area contributed by atoms with Gasteiger partial charge in [0.2, 0.25) is 10.0 Å². The van der Waals surface area contributed by atoms with E-state index in [0.29, 0.717) is 22.4 Å². The molecule has 0 aliphatic rings. The fourth-order valence-corrected chi connectivity index (χ4v) is 10.1. The molecule has 11 heteroatoms. The van der Waals surface area contributed by atoms with Crippen molar-refractivity contribution in [2.75, 3.05) is 0 Å². The number of rotatable bonds is 8. The van der Waals surface area contributed by atoms with Crippen LogP contribution in [0.4, 0.5) is 0 Å². The molecule has 0 amide bonds. The fourth-order valence-electron chi connectivity index (χ4n) is 6.79. The highest BCUT2D eigenvalue weighted by Crippen LogP contribution is 2.26. The topological polar surface area (TPSA) is 138 Å². The summed E-state index contributed by atoms with van der Waals surface area (Å²) in [6, 6.07) is 23.8. The van der Waals surface area contributed by atoms with E-state index >= 15 is 0 Å². The Bertz CT molecular complexity index is 2320. The first-order chi connectivity index (χ1) is 23.9. The maximum absolute atomic E-state index is 12.9. The number of hydrogen-bond acceptors (Lipinski definition) is 5. The Morgan fingerprint density at radius 2 is 1.02 bits per heavy atom. The van der Waals surface area contributed by atoms with Crippen molar-refractivity contribution in [3.63, 3.8) is 0 Å². The Morgan fingerprint density at radius 1 is 0.642 bits per heavy atom. The van der Waals surface area contributed by atoms with E-state index in [-0.39, 0.29) is 31.8 Å². The van der Waals surface area contributed by atoms with Crippen molar-refractivity contribution in [1.29, 1.82) is 0 Å². The minimum absolute atomic E-state index is 0. The van der Waals surface area contributed by atoms with E-state index < -0.39 is 19.1 Å². The van der Waals surface area contributed by atoms with Gasteiger partial charge in [0.15, 0.2) is 0 Å². The Balaban J connectivity index is 0.000000295. The van der Waals surface area contributed by atoms with Gasteiger partial charge in [0.05, 0.1) is 9.79 Å². The summed E-state index contributed by atoms with van der Waals surface area (Å²) < 4.78 is 50.9. The number of halogens is 1. The molecule has 5 N–H and O–H groups in total. The first-order valence-electron chi connectivity index (χ1n) is 16.9. The number of sulfonamides is 1. The van der Waals surface area contributed by atoms with Crippen LogP contribution in [0.1, 0.15) is 73.2 Å². The lowest BCUT2D eigenvalue weighted by atomic mass is 10.1. The monoisotopic (exact) mass is 780 g/mol. The third-order valence-corrected chi connectivity index (χ3v) is 12.0. The molecule has 0 aliphatic heterocycles. The molecule has 6 rings (SSSR count). The minimum Gasteiger partial charge on any atom is -0.361 e. The van der Waals surface area contributed by atoms with Crippen LogP contribution in [0.15, 0.2) is 95.0 Å². The van der Waals surface area contributed by atoms with Crippen LogP contribution in [-0.4, -0.2) is 38.9 Å². The molecule has 2 unspecified atom stereocenters. The number of nitrogens with one attached hydrogen (secondary N) is 3. The van der Waals surface area contributed by atoms with E-state index in [4.69, 9.17) is 16.4 Å². The molecule has 0 spiro atoms. The molecule has 0 aliphatic carbocycles. The highest BCUT2D eigenvalue weighted by Gasteiger charge is 2.23. The van der Waals surface area contributed by atoms with Crippen molar-refractivity contribution in [3.05, 3.63) is 130 Å².